The molecular formula is C19H17F3N4O2. The average molecular weight is 390 g/mol. The maximum absolute atomic E-state index is 12.6. The molecule has 1 aromatic heterocycles. The third-order valence-electron chi connectivity index (χ3n) is 4.14. The summed E-state index contributed by atoms with van der Waals surface area (Å²) in [5, 5.41) is 0. The second-order valence-corrected chi connectivity index (χ2v) is 6.03. The van der Waals surface area contributed by atoms with Gasteiger partial charge in [0.25, 0.3) is 11.8 Å². The van der Waals surface area contributed by atoms with Crippen molar-refractivity contribution in [1.82, 2.24) is 20.4 Å². The number of hydrazine groups is 1. The first kappa shape index (κ1) is 19.4. The van der Waals surface area contributed by atoms with Gasteiger partial charge in [0.2, 0.25) is 0 Å². The van der Waals surface area contributed by atoms with E-state index in [1.54, 1.807) is 4.57 Å². The topological polar surface area (TPSA) is 76.0 Å². The molecule has 0 aliphatic rings. The zero-order chi connectivity index (χ0) is 20.3. The van der Waals surface area contributed by atoms with Crippen molar-refractivity contribution in [3.63, 3.8) is 0 Å². The van der Waals surface area contributed by atoms with Crippen molar-refractivity contribution >= 4 is 22.8 Å². The molecule has 2 N–H and O–H groups in total. The normalized spacial score (nSPS) is 11.4. The fourth-order valence-electron chi connectivity index (χ4n) is 2.76. The van der Waals surface area contributed by atoms with Crippen molar-refractivity contribution in [2.75, 3.05) is 0 Å². The Balaban J connectivity index is 1.64. The average Bonchev–Trinajstić information content (AvgIpc) is 3.03. The SMILES string of the molecule is CCc1nc2ccccc2n1CC(=O)NNC(=O)c1ccc(C(F)(F)F)cc1. The van der Waals surface area contributed by atoms with Crippen LogP contribution in [0.4, 0.5) is 13.2 Å². The summed E-state index contributed by atoms with van der Waals surface area (Å²) < 4.78 is 39.4. The molecule has 3 rings (SSSR count). The Morgan fingerprint density at radius 1 is 1.04 bits per heavy atom. The molecule has 0 saturated heterocycles. The summed E-state index contributed by atoms with van der Waals surface area (Å²) in [6.07, 6.45) is -3.85. The van der Waals surface area contributed by atoms with E-state index in [-0.39, 0.29) is 12.1 Å². The quantitative estimate of drug-likeness (QED) is 0.673. The standard InChI is InChI=1S/C19H17F3N4O2/c1-2-16-23-14-5-3-4-6-15(14)26(16)11-17(27)24-25-18(28)12-7-9-13(10-8-12)19(20,21)22/h3-10H,2,11H2,1H3,(H,24,27)(H,25,28). The molecule has 0 unspecified atom stereocenters. The molecule has 0 spiro atoms. The summed E-state index contributed by atoms with van der Waals surface area (Å²) in [5.41, 5.74) is 5.17. The Hall–Kier alpha value is -3.36. The minimum absolute atomic E-state index is 0.00405. The molecule has 1 heterocycles. The lowest BCUT2D eigenvalue weighted by Gasteiger charge is -2.11. The highest BCUT2D eigenvalue weighted by atomic mass is 19.4. The summed E-state index contributed by atoms with van der Waals surface area (Å²) >= 11 is 0. The molecule has 0 saturated carbocycles. The van der Waals surface area contributed by atoms with E-state index in [9.17, 15) is 22.8 Å². The van der Waals surface area contributed by atoms with Crippen LogP contribution in [0.1, 0.15) is 28.7 Å². The molecule has 0 fully saturated rings. The smallest absolute Gasteiger partial charge is 0.318 e. The first-order valence-corrected chi connectivity index (χ1v) is 8.50. The zero-order valence-corrected chi connectivity index (χ0v) is 14.9. The number of rotatable bonds is 4. The summed E-state index contributed by atoms with van der Waals surface area (Å²) in [6.45, 7) is 1.86. The van der Waals surface area contributed by atoms with Gasteiger partial charge in [0, 0.05) is 12.0 Å². The van der Waals surface area contributed by atoms with Crippen LogP contribution in [-0.2, 0) is 23.9 Å². The third-order valence-corrected chi connectivity index (χ3v) is 4.14. The van der Waals surface area contributed by atoms with Crippen molar-refractivity contribution in [1.29, 1.82) is 0 Å². The van der Waals surface area contributed by atoms with Crippen molar-refractivity contribution in [2.45, 2.75) is 26.1 Å². The van der Waals surface area contributed by atoms with Gasteiger partial charge in [-0.15, -0.1) is 0 Å². The Labute approximate surface area is 158 Å². The van der Waals surface area contributed by atoms with Gasteiger partial charge >= 0.3 is 6.18 Å². The first-order chi connectivity index (χ1) is 13.3. The predicted molar refractivity (Wildman–Crippen MR) is 96.2 cm³/mol. The molecular weight excluding hydrogens is 373 g/mol. The van der Waals surface area contributed by atoms with E-state index in [1.165, 1.54) is 0 Å². The summed E-state index contributed by atoms with van der Waals surface area (Å²) in [4.78, 5) is 28.7. The summed E-state index contributed by atoms with van der Waals surface area (Å²) in [6, 6.07) is 11.1. The predicted octanol–water partition coefficient (Wildman–Crippen LogP) is 3.08. The van der Waals surface area contributed by atoms with Gasteiger partial charge < -0.3 is 4.57 Å². The number of alkyl halides is 3. The van der Waals surface area contributed by atoms with Crippen LogP contribution in [0.15, 0.2) is 48.5 Å². The van der Waals surface area contributed by atoms with Gasteiger partial charge in [-0.25, -0.2) is 4.98 Å². The van der Waals surface area contributed by atoms with Crippen molar-refractivity contribution < 1.29 is 22.8 Å². The fraction of sp³-hybridized carbons (Fsp3) is 0.211. The van der Waals surface area contributed by atoms with Gasteiger partial charge in [-0.2, -0.15) is 13.2 Å². The molecule has 28 heavy (non-hydrogen) atoms. The number of para-hydroxylation sites is 2. The highest BCUT2D eigenvalue weighted by Crippen LogP contribution is 2.29. The van der Waals surface area contributed by atoms with Crippen LogP contribution in [0.5, 0.6) is 0 Å². The number of hydrogen-bond acceptors (Lipinski definition) is 3. The number of halogens is 3. The monoisotopic (exact) mass is 390 g/mol. The van der Waals surface area contributed by atoms with Gasteiger partial charge in [-0.1, -0.05) is 19.1 Å². The first-order valence-electron chi connectivity index (χ1n) is 8.50. The van der Waals surface area contributed by atoms with E-state index in [0.29, 0.717) is 6.42 Å². The number of carbonyl (C=O) groups excluding carboxylic acids is 2. The molecule has 0 radical (unpaired) electrons. The largest absolute Gasteiger partial charge is 0.416 e. The number of aromatic nitrogens is 2. The summed E-state index contributed by atoms with van der Waals surface area (Å²) in [7, 11) is 0. The molecule has 0 aliphatic carbocycles. The Morgan fingerprint density at radius 2 is 1.71 bits per heavy atom. The van der Waals surface area contributed by atoms with Gasteiger partial charge in [0.05, 0.1) is 16.6 Å². The van der Waals surface area contributed by atoms with E-state index in [4.69, 9.17) is 0 Å². The maximum atomic E-state index is 12.6. The second kappa shape index (κ2) is 7.71. The summed E-state index contributed by atoms with van der Waals surface area (Å²) in [5.74, 6) is -0.475. The van der Waals surface area contributed by atoms with Crippen LogP contribution in [-0.4, -0.2) is 21.4 Å². The van der Waals surface area contributed by atoms with E-state index in [0.717, 1.165) is 41.1 Å². The van der Waals surface area contributed by atoms with Crippen LogP contribution >= 0.6 is 0 Å². The van der Waals surface area contributed by atoms with Crippen molar-refractivity contribution in [2.24, 2.45) is 0 Å². The maximum Gasteiger partial charge on any atom is 0.416 e. The van der Waals surface area contributed by atoms with Gasteiger partial charge in [0.1, 0.15) is 12.4 Å². The number of imidazole rings is 1. The molecule has 6 nitrogen and oxygen atoms in total. The lowest BCUT2D eigenvalue weighted by atomic mass is 10.1. The highest BCUT2D eigenvalue weighted by Gasteiger charge is 2.30. The Bertz CT molecular complexity index is 1010. The van der Waals surface area contributed by atoms with E-state index >= 15 is 0 Å². The van der Waals surface area contributed by atoms with E-state index < -0.39 is 23.6 Å². The van der Waals surface area contributed by atoms with Crippen molar-refractivity contribution in [3.8, 4) is 0 Å². The molecule has 0 atom stereocenters. The number of carbonyl (C=O) groups is 2. The number of aryl methyl sites for hydroxylation is 1. The van der Waals surface area contributed by atoms with Gasteiger partial charge in [0.15, 0.2) is 0 Å². The molecule has 2 amide bonds. The van der Waals surface area contributed by atoms with Crippen LogP contribution in [0, 0.1) is 0 Å². The molecule has 146 valence electrons. The second-order valence-electron chi connectivity index (χ2n) is 6.03. The Morgan fingerprint density at radius 3 is 2.36 bits per heavy atom. The molecule has 9 heteroatoms. The molecule has 2 aromatic carbocycles. The van der Waals surface area contributed by atoms with Gasteiger partial charge in [-0.05, 0) is 36.4 Å². The van der Waals surface area contributed by atoms with Crippen molar-refractivity contribution in [3.05, 3.63) is 65.5 Å². The van der Waals surface area contributed by atoms with Gasteiger partial charge in [-0.3, -0.25) is 20.4 Å². The Kier molecular flexibility index (Phi) is 5.34. The zero-order valence-electron chi connectivity index (χ0n) is 14.9. The lowest BCUT2D eigenvalue weighted by molar-refractivity contribution is -0.137. The third kappa shape index (κ3) is 4.13. The fourth-order valence-corrected chi connectivity index (χ4v) is 2.76. The van der Waals surface area contributed by atoms with Crippen LogP contribution in [0.3, 0.4) is 0 Å². The van der Waals surface area contributed by atoms with E-state index in [2.05, 4.69) is 15.8 Å². The number of nitrogens with zero attached hydrogens (tertiary/aromatic N) is 2. The lowest BCUT2D eigenvalue weighted by Crippen LogP contribution is -2.43. The van der Waals surface area contributed by atoms with E-state index in [1.807, 2.05) is 31.2 Å². The van der Waals surface area contributed by atoms with Crippen LogP contribution in [0.25, 0.3) is 11.0 Å². The minimum atomic E-state index is -4.48. The number of fused-ring (bicyclic) bond motifs is 1. The van der Waals surface area contributed by atoms with Crippen LogP contribution in [0.2, 0.25) is 0 Å². The number of benzene rings is 2. The molecule has 0 aliphatic heterocycles. The minimum Gasteiger partial charge on any atom is -0.318 e. The number of amides is 2. The highest BCUT2D eigenvalue weighted by molar-refractivity contribution is 5.95. The number of hydrogen-bond donors (Lipinski definition) is 2. The molecule has 3 aromatic rings. The molecule has 0 bridgehead atoms. The number of nitrogens with one attached hydrogen (secondary N) is 2. The van der Waals surface area contributed by atoms with Crippen LogP contribution < -0.4 is 10.9 Å².